The van der Waals surface area contributed by atoms with Crippen LogP contribution in [-0.4, -0.2) is 25.0 Å². The summed E-state index contributed by atoms with van der Waals surface area (Å²) in [5.41, 5.74) is -4.55. The maximum absolute atomic E-state index is 12.5. The molecule has 1 atom stereocenters. The van der Waals surface area contributed by atoms with Gasteiger partial charge in [0.2, 0.25) is 0 Å². The van der Waals surface area contributed by atoms with E-state index in [-0.39, 0.29) is 17.5 Å². The smallest absolute Gasteiger partial charge is 0.479 e. The Labute approximate surface area is 164 Å². The number of benzene rings is 2. The second-order valence-corrected chi connectivity index (χ2v) is 7.35. The van der Waals surface area contributed by atoms with E-state index >= 15 is 0 Å². The maximum Gasteiger partial charge on any atom is 0.534 e. The van der Waals surface area contributed by atoms with Gasteiger partial charge >= 0.3 is 21.6 Å². The van der Waals surface area contributed by atoms with Gasteiger partial charge in [-0.2, -0.15) is 26.9 Å². The minimum atomic E-state index is -5.85. The lowest BCUT2D eigenvalue weighted by atomic mass is 10.0. The maximum atomic E-state index is 12.5. The molecule has 0 radical (unpaired) electrons. The number of carboxylic acid groups (broad SMARTS) is 1. The van der Waals surface area contributed by atoms with E-state index in [1.165, 1.54) is 30.3 Å². The van der Waals surface area contributed by atoms with E-state index in [2.05, 4.69) is 9.50 Å². The van der Waals surface area contributed by atoms with Gasteiger partial charge in [0.1, 0.15) is 5.75 Å². The van der Waals surface area contributed by atoms with E-state index in [4.69, 9.17) is 5.26 Å². The van der Waals surface area contributed by atoms with Crippen molar-refractivity contribution in [2.45, 2.75) is 24.9 Å². The summed E-state index contributed by atoms with van der Waals surface area (Å²) in [4.78, 5) is 11.7. The Morgan fingerprint density at radius 2 is 1.86 bits per heavy atom. The second-order valence-electron chi connectivity index (χ2n) is 5.81. The molecule has 0 saturated heterocycles. The first-order valence-corrected chi connectivity index (χ1v) is 9.52. The van der Waals surface area contributed by atoms with Crippen molar-refractivity contribution in [2.75, 3.05) is 5.32 Å². The van der Waals surface area contributed by atoms with Gasteiger partial charge in [-0.1, -0.05) is 13.0 Å². The average molecular weight is 428 g/mol. The Balaban J connectivity index is 2.36. The SMILES string of the molecule is CCc1cc(C(Nc2ccc(C#N)cc2)C(=O)O)ccc1OS(=O)(=O)C(F)(F)F. The lowest BCUT2D eigenvalue weighted by molar-refractivity contribution is -0.138. The number of aryl methyl sites for hydroxylation is 1. The fraction of sp³-hybridized carbons (Fsp3) is 0.222. The third kappa shape index (κ3) is 5.17. The molecule has 0 aliphatic heterocycles. The molecule has 0 spiro atoms. The number of anilines is 1. The molecule has 154 valence electrons. The molecule has 0 heterocycles. The third-order valence-corrected chi connectivity index (χ3v) is 4.82. The highest BCUT2D eigenvalue weighted by molar-refractivity contribution is 7.88. The molecule has 7 nitrogen and oxygen atoms in total. The van der Waals surface area contributed by atoms with Crippen LogP contribution in [0, 0.1) is 11.3 Å². The van der Waals surface area contributed by atoms with Crippen molar-refractivity contribution in [1.82, 2.24) is 0 Å². The summed E-state index contributed by atoms with van der Waals surface area (Å²) < 4.78 is 64.3. The van der Waals surface area contributed by atoms with Gasteiger partial charge < -0.3 is 14.6 Å². The first-order valence-electron chi connectivity index (χ1n) is 8.11. The zero-order chi connectivity index (χ0) is 21.8. The number of halogens is 3. The molecule has 29 heavy (non-hydrogen) atoms. The lowest BCUT2D eigenvalue weighted by Crippen LogP contribution is -2.28. The first kappa shape index (κ1) is 22.0. The summed E-state index contributed by atoms with van der Waals surface area (Å²) in [6, 6.07) is 10.0. The second kappa shape index (κ2) is 8.40. The molecule has 1 unspecified atom stereocenters. The Hall–Kier alpha value is -3.26. The van der Waals surface area contributed by atoms with E-state index in [0.29, 0.717) is 11.3 Å². The van der Waals surface area contributed by atoms with Gasteiger partial charge in [-0.25, -0.2) is 4.79 Å². The Morgan fingerprint density at radius 3 is 2.34 bits per heavy atom. The monoisotopic (exact) mass is 428 g/mol. The Morgan fingerprint density at radius 1 is 1.24 bits per heavy atom. The van der Waals surface area contributed by atoms with Gasteiger partial charge in [-0.3, -0.25) is 0 Å². The standard InChI is InChI=1S/C18H15F3N2O5S/c1-2-12-9-13(5-8-15(12)28-29(26,27)18(19,20)21)16(17(24)25)23-14-6-3-11(10-22)4-7-14/h3-9,16,23H,2H2,1H3,(H,24,25). The molecule has 2 aromatic carbocycles. The number of nitrogens with zero attached hydrogens (tertiary/aromatic N) is 1. The van der Waals surface area contributed by atoms with Crippen molar-refractivity contribution in [3.8, 4) is 11.8 Å². The first-order chi connectivity index (χ1) is 13.5. The van der Waals surface area contributed by atoms with Crippen molar-refractivity contribution in [2.24, 2.45) is 0 Å². The summed E-state index contributed by atoms with van der Waals surface area (Å²) in [6.45, 7) is 1.55. The van der Waals surface area contributed by atoms with Crippen LogP contribution in [0.1, 0.15) is 29.7 Å². The van der Waals surface area contributed by atoms with Crippen LogP contribution in [-0.2, 0) is 21.3 Å². The molecule has 0 fully saturated rings. The number of carbonyl (C=O) groups is 1. The van der Waals surface area contributed by atoms with Gasteiger partial charge in [0.25, 0.3) is 0 Å². The summed E-state index contributed by atoms with van der Waals surface area (Å²) in [5, 5.41) is 21.1. The van der Waals surface area contributed by atoms with Gasteiger partial charge in [0.05, 0.1) is 11.6 Å². The number of hydrogen-bond donors (Lipinski definition) is 2. The minimum Gasteiger partial charge on any atom is -0.479 e. The van der Waals surface area contributed by atoms with E-state index in [0.717, 1.165) is 12.1 Å². The van der Waals surface area contributed by atoms with Crippen molar-refractivity contribution in [3.63, 3.8) is 0 Å². The number of rotatable bonds is 7. The zero-order valence-corrected chi connectivity index (χ0v) is 15.7. The van der Waals surface area contributed by atoms with Gasteiger partial charge in [-0.05, 0) is 53.9 Å². The van der Waals surface area contributed by atoms with Crippen LogP contribution < -0.4 is 9.50 Å². The van der Waals surface area contributed by atoms with Crippen LogP contribution >= 0.6 is 0 Å². The van der Waals surface area contributed by atoms with Crippen LogP contribution in [0.2, 0.25) is 0 Å². The summed E-state index contributed by atoms with van der Waals surface area (Å²) >= 11 is 0. The molecule has 0 saturated carbocycles. The third-order valence-electron chi connectivity index (χ3n) is 3.85. The minimum absolute atomic E-state index is 0.0863. The highest BCUT2D eigenvalue weighted by Gasteiger charge is 2.48. The number of hydrogen-bond acceptors (Lipinski definition) is 6. The van der Waals surface area contributed by atoms with E-state index in [9.17, 15) is 31.5 Å². The number of alkyl halides is 3. The van der Waals surface area contributed by atoms with Crippen LogP contribution in [0.25, 0.3) is 0 Å². The molecule has 0 aliphatic carbocycles. The van der Waals surface area contributed by atoms with E-state index in [1.807, 2.05) is 6.07 Å². The molecule has 0 aromatic heterocycles. The van der Waals surface area contributed by atoms with E-state index in [1.54, 1.807) is 6.92 Å². The van der Waals surface area contributed by atoms with E-state index < -0.39 is 33.4 Å². The van der Waals surface area contributed by atoms with Crippen molar-refractivity contribution in [1.29, 1.82) is 5.26 Å². The predicted octanol–water partition coefficient (Wildman–Crippen LogP) is 3.59. The van der Waals surface area contributed by atoms with Crippen molar-refractivity contribution in [3.05, 3.63) is 59.2 Å². The van der Waals surface area contributed by atoms with Crippen LogP contribution in [0.15, 0.2) is 42.5 Å². The van der Waals surface area contributed by atoms with Gasteiger partial charge in [-0.15, -0.1) is 0 Å². The number of aliphatic carboxylic acids is 1. The average Bonchev–Trinajstić information content (AvgIpc) is 2.65. The lowest BCUT2D eigenvalue weighted by Gasteiger charge is -2.19. The largest absolute Gasteiger partial charge is 0.534 e. The molecule has 0 amide bonds. The molecular weight excluding hydrogens is 413 g/mol. The topological polar surface area (TPSA) is 116 Å². The molecule has 2 rings (SSSR count). The molecule has 0 aliphatic rings. The van der Waals surface area contributed by atoms with Crippen LogP contribution in [0.3, 0.4) is 0 Å². The molecule has 0 bridgehead atoms. The summed E-state index contributed by atoms with van der Waals surface area (Å²) in [6.07, 6.45) is 0.0970. The zero-order valence-electron chi connectivity index (χ0n) is 14.9. The number of nitriles is 1. The highest BCUT2D eigenvalue weighted by Crippen LogP contribution is 2.31. The molecule has 2 aromatic rings. The van der Waals surface area contributed by atoms with Crippen molar-refractivity contribution < 1.29 is 35.7 Å². The normalized spacial score (nSPS) is 12.7. The quantitative estimate of drug-likeness (QED) is 0.511. The van der Waals surface area contributed by atoms with Gasteiger partial charge in [0.15, 0.2) is 6.04 Å². The van der Waals surface area contributed by atoms with Crippen LogP contribution in [0.5, 0.6) is 5.75 Å². The molecular formula is C18H15F3N2O5S. The molecule has 2 N–H and O–H groups in total. The fourth-order valence-corrected chi connectivity index (χ4v) is 2.89. The van der Waals surface area contributed by atoms with Crippen LogP contribution in [0.4, 0.5) is 18.9 Å². The summed E-state index contributed by atoms with van der Waals surface area (Å²) in [7, 11) is -5.85. The predicted molar refractivity (Wildman–Crippen MR) is 96.6 cm³/mol. The number of nitrogens with one attached hydrogen (secondary N) is 1. The molecule has 11 heteroatoms. The number of carboxylic acids is 1. The van der Waals surface area contributed by atoms with Crippen molar-refractivity contribution >= 4 is 21.8 Å². The Kier molecular flexibility index (Phi) is 6.38. The summed E-state index contributed by atoms with van der Waals surface area (Å²) in [5.74, 6) is -1.80. The highest BCUT2D eigenvalue weighted by atomic mass is 32.2. The fourth-order valence-electron chi connectivity index (χ4n) is 2.40. The van der Waals surface area contributed by atoms with Gasteiger partial charge in [0, 0.05) is 5.69 Å². The Bertz CT molecular complexity index is 1040.